The van der Waals surface area contributed by atoms with Crippen LogP contribution < -0.4 is 5.32 Å². The number of hydrogen-bond donors (Lipinski definition) is 1. The summed E-state index contributed by atoms with van der Waals surface area (Å²) < 4.78 is 37.1. The van der Waals surface area contributed by atoms with Gasteiger partial charge in [-0.2, -0.15) is 13.2 Å². The highest BCUT2D eigenvalue weighted by atomic mass is 19.4. The summed E-state index contributed by atoms with van der Waals surface area (Å²) in [5, 5.41) is 3.26. The summed E-state index contributed by atoms with van der Waals surface area (Å²) in [6, 6.07) is 0.397. The molecule has 1 fully saturated rings. The van der Waals surface area contributed by atoms with Gasteiger partial charge in [0.25, 0.3) is 0 Å². The van der Waals surface area contributed by atoms with Crippen molar-refractivity contribution in [3.05, 3.63) is 12.7 Å². The third-order valence-electron chi connectivity index (χ3n) is 3.04. The SMILES string of the molecule is C=CC(C)NC1CCC(C(F)(F)F)CC1. The molecule has 1 aliphatic carbocycles. The van der Waals surface area contributed by atoms with Crippen LogP contribution in [-0.2, 0) is 0 Å². The van der Waals surface area contributed by atoms with Gasteiger partial charge in [-0.05, 0) is 32.6 Å². The van der Waals surface area contributed by atoms with E-state index in [9.17, 15) is 13.2 Å². The molecule has 1 saturated carbocycles. The van der Waals surface area contributed by atoms with Gasteiger partial charge < -0.3 is 5.32 Å². The Balaban J connectivity index is 2.33. The third kappa shape index (κ3) is 3.86. The Morgan fingerprint density at radius 3 is 2.20 bits per heavy atom. The number of hydrogen-bond acceptors (Lipinski definition) is 1. The Kier molecular flexibility index (Phi) is 4.20. The van der Waals surface area contributed by atoms with E-state index in [0.717, 1.165) is 0 Å². The van der Waals surface area contributed by atoms with Crippen LogP contribution >= 0.6 is 0 Å². The van der Waals surface area contributed by atoms with Crippen LogP contribution in [-0.4, -0.2) is 18.3 Å². The molecular weight excluding hydrogens is 203 g/mol. The van der Waals surface area contributed by atoms with Gasteiger partial charge in [0.15, 0.2) is 0 Å². The standard InChI is InChI=1S/C11H18F3N/c1-3-8(2)15-10-6-4-9(5-7-10)11(12,13)14/h3,8-10,15H,1,4-7H2,2H3. The molecule has 1 aliphatic rings. The molecule has 88 valence electrons. The van der Waals surface area contributed by atoms with Gasteiger partial charge in [0.1, 0.15) is 0 Å². The highest BCUT2D eigenvalue weighted by Crippen LogP contribution is 2.37. The van der Waals surface area contributed by atoms with Crippen LogP contribution in [0.5, 0.6) is 0 Å². The van der Waals surface area contributed by atoms with Crippen LogP contribution in [0.15, 0.2) is 12.7 Å². The average Bonchev–Trinajstić information content (AvgIpc) is 2.17. The van der Waals surface area contributed by atoms with Crippen LogP contribution in [0.4, 0.5) is 13.2 Å². The van der Waals surface area contributed by atoms with Crippen LogP contribution in [0.25, 0.3) is 0 Å². The van der Waals surface area contributed by atoms with Crippen molar-refractivity contribution in [3.8, 4) is 0 Å². The van der Waals surface area contributed by atoms with Crippen molar-refractivity contribution in [3.63, 3.8) is 0 Å². The van der Waals surface area contributed by atoms with Crippen molar-refractivity contribution in [1.29, 1.82) is 0 Å². The maximum atomic E-state index is 12.4. The molecule has 0 aromatic rings. The van der Waals surface area contributed by atoms with E-state index < -0.39 is 12.1 Å². The Morgan fingerprint density at radius 1 is 1.27 bits per heavy atom. The Bertz CT molecular complexity index is 204. The number of alkyl halides is 3. The zero-order valence-electron chi connectivity index (χ0n) is 8.98. The summed E-state index contributed by atoms with van der Waals surface area (Å²) in [4.78, 5) is 0. The lowest BCUT2D eigenvalue weighted by Crippen LogP contribution is -2.40. The summed E-state index contributed by atoms with van der Waals surface area (Å²) in [6.45, 7) is 5.60. The lowest BCUT2D eigenvalue weighted by Gasteiger charge is -2.31. The zero-order valence-corrected chi connectivity index (χ0v) is 8.98. The predicted octanol–water partition coefficient (Wildman–Crippen LogP) is 3.27. The van der Waals surface area contributed by atoms with Gasteiger partial charge in [0.05, 0.1) is 5.92 Å². The fourth-order valence-electron chi connectivity index (χ4n) is 2.03. The van der Waals surface area contributed by atoms with Crippen molar-refractivity contribution >= 4 is 0 Å². The topological polar surface area (TPSA) is 12.0 Å². The molecule has 0 aliphatic heterocycles. The van der Waals surface area contributed by atoms with Crippen molar-refractivity contribution < 1.29 is 13.2 Å². The van der Waals surface area contributed by atoms with Gasteiger partial charge in [0, 0.05) is 12.1 Å². The van der Waals surface area contributed by atoms with E-state index in [1.807, 2.05) is 6.92 Å². The molecule has 0 spiro atoms. The number of nitrogens with one attached hydrogen (secondary N) is 1. The fourth-order valence-corrected chi connectivity index (χ4v) is 2.03. The first-order valence-electron chi connectivity index (χ1n) is 5.38. The monoisotopic (exact) mass is 221 g/mol. The van der Waals surface area contributed by atoms with Crippen LogP contribution in [0, 0.1) is 5.92 Å². The van der Waals surface area contributed by atoms with E-state index in [2.05, 4.69) is 11.9 Å². The molecule has 0 amide bonds. The lowest BCUT2D eigenvalue weighted by atomic mass is 9.85. The molecule has 0 aromatic heterocycles. The summed E-state index contributed by atoms with van der Waals surface area (Å²) in [5.41, 5.74) is 0. The average molecular weight is 221 g/mol. The van der Waals surface area contributed by atoms with Crippen LogP contribution in [0.1, 0.15) is 32.6 Å². The Labute approximate surface area is 88.7 Å². The van der Waals surface area contributed by atoms with Gasteiger partial charge in [-0.3, -0.25) is 0 Å². The van der Waals surface area contributed by atoms with E-state index >= 15 is 0 Å². The minimum Gasteiger partial charge on any atom is -0.308 e. The van der Waals surface area contributed by atoms with E-state index in [0.29, 0.717) is 12.8 Å². The normalized spacial score (nSPS) is 29.9. The second-order valence-electron chi connectivity index (χ2n) is 4.28. The molecule has 4 heteroatoms. The first kappa shape index (κ1) is 12.6. The van der Waals surface area contributed by atoms with Gasteiger partial charge in [-0.15, -0.1) is 6.58 Å². The van der Waals surface area contributed by atoms with E-state index in [-0.39, 0.29) is 24.9 Å². The van der Waals surface area contributed by atoms with E-state index in [1.54, 1.807) is 6.08 Å². The lowest BCUT2D eigenvalue weighted by molar-refractivity contribution is -0.182. The maximum Gasteiger partial charge on any atom is 0.391 e. The molecule has 0 saturated heterocycles. The molecule has 1 nitrogen and oxygen atoms in total. The minimum atomic E-state index is -4.00. The fraction of sp³-hybridized carbons (Fsp3) is 0.818. The summed E-state index contributed by atoms with van der Waals surface area (Å²) in [7, 11) is 0. The number of rotatable bonds is 3. The molecule has 0 radical (unpaired) electrons. The second kappa shape index (κ2) is 5.01. The van der Waals surface area contributed by atoms with Crippen molar-refractivity contribution in [1.82, 2.24) is 5.32 Å². The van der Waals surface area contributed by atoms with E-state index in [1.165, 1.54) is 0 Å². The van der Waals surface area contributed by atoms with Crippen molar-refractivity contribution in [2.45, 2.75) is 50.9 Å². The predicted molar refractivity (Wildman–Crippen MR) is 54.6 cm³/mol. The summed E-state index contributed by atoms with van der Waals surface area (Å²) >= 11 is 0. The summed E-state index contributed by atoms with van der Waals surface area (Å²) in [6.07, 6.45) is -0.494. The highest BCUT2D eigenvalue weighted by molar-refractivity contribution is 4.87. The quantitative estimate of drug-likeness (QED) is 0.721. The Hall–Kier alpha value is -0.510. The van der Waals surface area contributed by atoms with Crippen molar-refractivity contribution in [2.75, 3.05) is 0 Å². The maximum absolute atomic E-state index is 12.4. The molecule has 1 rings (SSSR count). The molecule has 1 unspecified atom stereocenters. The smallest absolute Gasteiger partial charge is 0.308 e. The van der Waals surface area contributed by atoms with Crippen LogP contribution in [0.2, 0.25) is 0 Å². The van der Waals surface area contributed by atoms with Gasteiger partial charge in [0.2, 0.25) is 0 Å². The summed E-state index contributed by atoms with van der Waals surface area (Å²) in [5.74, 6) is -1.09. The second-order valence-corrected chi connectivity index (χ2v) is 4.28. The third-order valence-corrected chi connectivity index (χ3v) is 3.04. The molecule has 0 aromatic carbocycles. The highest BCUT2D eigenvalue weighted by Gasteiger charge is 2.41. The molecule has 0 bridgehead atoms. The Morgan fingerprint density at radius 2 is 1.80 bits per heavy atom. The molecule has 15 heavy (non-hydrogen) atoms. The van der Waals surface area contributed by atoms with Crippen molar-refractivity contribution in [2.24, 2.45) is 5.92 Å². The molecular formula is C11H18F3N. The largest absolute Gasteiger partial charge is 0.391 e. The van der Waals surface area contributed by atoms with E-state index in [4.69, 9.17) is 0 Å². The van der Waals surface area contributed by atoms with Gasteiger partial charge >= 0.3 is 6.18 Å². The van der Waals surface area contributed by atoms with Gasteiger partial charge in [-0.1, -0.05) is 6.08 Å². The zero-order chi connectivity index (χ0) is 11.5. The molecule has 1 N–H and O–H groups in total. The molecule has 1 atom stereocenters. The minimum absolute atomic E-state index is 0.178. The first-order chi connectivity index (χ1) is 6.93. The van der Waals surface area contributed by atoms with Crippen LogP contribution in [0.3, 0.4) is 0 Å². The number of halogens is 3. The first-order valence-corrected chi connectivity index (χ1v) is 5.38. The molecule has 0 heterocycles. The van der Waals surface area contributed by atoms with Gasteiger partial charge in [-0.25, -0.2) is 0 Å².